The van der Waals surface area contributed by atoms with Crippen molar-refractivity contribution in [2.45, 2.75) is 37.9 Å². The summed E-state index contributed by atoms with van der Waals surface area (Å²) < 4.78 is 0. The minimum absolute atomic E-state index is 0.600. The topological polar surface area (TPSA) is 46.0 Å². The molecule has 78 valence electrons. The second-order valence-corrected chi connectivity index (χ2v) is 5.02. The number of aromatic nitrogens is 2. The lowest BCUT2D eigenvalue weighted by Crippen LogP contribution is -2.19. The molecule has 0 aliphatic carbocycles. The van der Waals surface area contributed by atoms with Gasteiger partial charge in [-0.2, -0.15) is 0 Å². The number of hydrogen-bond donors (Lipinski definition) is 1. The van der Waals surface area contributed by atoms with Crippen LogP contribution < -0.4 is 0 Å². The average Bonchev–Trinajstić information content (AvgIpc) is 2.06. The molecule has 0 saturated carbocycles. The molecule has 4 heteroatoms. The Hall–Kier alpha value is -0.610. The SMILES string of the molecule is Cc1cnc(SCCC(C)(C)O)nc1. The van der Waals surface area contributed by atoms with E-state index in [0.29, 0.717) is 0 Å². The first-order chi connectivity index (χ1) is 6.47. The number of nitrogens with zero attached hydrogens (tertiary/aromatic N) is 2. The molecule has 1 aromatic rings. The maximum Gasteiger partial charge on any atom is 0.187 e. The van der Waals surface area contributed by atoms with Gasteiger partial charge in [0.25, 0.3) is 0 Å². The molecule has 3 nitrogen and oxygen atoms in total. The third-order valence-electron chi connectivity index (χ3n) is 1.70. The molecular weight excluding hydrogens is 196 g/mol. The third kappa shape index (κ3) is 4.58. The minimum Gasteiger partial charge on any atom is -0.390 e. The smallest absolute Gasteiger partial charge is 0.187 e. The summed E-state index contributed by atoms with van der Waals surface area (Å²) in [5.41, 5.74) is 0.467. The van der Waals surface area contributed by atoms with E-state index in [1.165, 1.54) is 0 Å². The average molecular weight is 212 g/mol. The zero-order valence-electron chi connectivity index (χ0n) is 8.82. The van der Waals surface area contributed by atoms with E-state index in [1.807, 2.05) is 20.8 Å². The lowest BCUT2D eigenvalue weighted by Gasteiger charge is -2.15. The molecule has 0 unspecified atom stereocenters. The van der Waals surface area contributed by atoms with Gasteiger partial charge in [-0.1, -0.05) is 11.8 Å². The Balaban J connectivity index is 2.35. The van der Waals surface area contributed by atoms with Gasteiger partial charge in [-0.25, -0.2) is 9.97 Å². The van der Waals surface area contributed by atoms with E-state index in [-0.39, 0.29) is 0 Å². The Morgan fingerprint density at radius 1 is 1.36 bits per heavy atom. The first-order valence-electron chi connectivity index (χ1n) is 4.61. The highest BCUT2D eigenvalue weighted by Gasteiger charge is 2.12. The first kappa shape index (κ1) is 11.5. The van der Waals surface area contributed by atoms with Crippen LogP contribution in [-0.2, 0) is 0 Å². The van der Waals surface area contributed by atoms with Crippen molar-refractivity contribution in [3.63, 3.8) is 0 Å². The lowest BCUT2D eigenvalue weighted by atomic mass is 10.1. The molecule has 14 heavy (non-hydrogen) atoms. The van der Waals surface area contributed by atoms with E-state index in [4.69, 9.17) is 0 Å². The van der Waals surface area contributed by atoms with Gasteiger partial charge in [0, 0.05) is 18.1 Å². The highest BCUT2D eigenvalue weighted by atomic mass is 32.2. The summed E-state index contributed by atoms with van der Waals surface area (Å²) >= 11 is 1.57. The van der Waals surface area contributed by atoms with Crippen LogP contribution in [0.4, 0.5) is 0 Å². The van der Waals surface area contributed by atoms with Crippen LogP contribution in [0.25, 0.3) is 0 Å². The molecule has 1 rings (SSSR count). The summed E-state index contributed by atoms with van der Waals surface area (Å²) in [7, 11) is 0. The molecule has 0 aliphatic heterocycles. The van der Waals surface area contributed by atoms with Crippen LogP contribution in [-0.4, -0.2) is 26.4 Å². The summed E-state index contributed by atoms with van der Waals surface area (Å²) in [5.74, 6) is 0.840. The fraction of sp³-hybridized carbons (Fsp3) is 0.600. The Morgan fingerprint density at radius 2 is 1.93 bits per heavy atom. The van der Waals surface area contributed by atoms with E-state index >= 15 is 0 Å². The fourth-order valence-corrected chi connectivity index (χ4v) is 1.89. The summed E-state index contributed by atoms with van der Waals surface area (Å²) in [4.78, 5) is 8.34. The van der Waals surface area contributed by atoms with Crippen molar-refractivity contribution >= 4 is 11.8 Å². The molecule has 0 saturated heterocycles. The monoisotopic (exact) mass is 212 g/mol. The number of aryl methyl sites for hydroxylation is 1. The van der Waals surface area contributed by atoms with Crippen molar-refractivity contribution in [1.29, 1.82) is 0 Å². The first-order valence-corrected chi connectivity index (χ1v) is 5.60. The number of hydrogen-bond acceptors (Lipinski definition) is 4. The Bertz CT molecular complexity index is 279. The van der Waals surface area contributed by atoms with Crippen molar-refractivity contribution in [3.05, 3.63) is 18.0 Å². The molecule has 0 aromatic carbocycles. The van der Waals surface area contributed by atoms with Crippen LogP contribution >= 0.6 is 11.8 Å². The van der Waals surface area contributed by atoms with Crippen molar-refractivity contribution < 1.29 is 5.11 Å². The van der Waals surface area contributed by atoms with Crippen LogP contribution in [0.3, 0.4) is 0 Å². The minimum atomic E-state index is -0.600. The van der Waals surface area contributed by atoms with E-state index in [0.717, 1.165) is 22.9 Å². The van der Waals surface area contributed by atoms with Gasteiger partial charge in [0.15, 0.2) is 5.16 Å². The third-order valence-corrected chi connectivity index (χ3v) is 2.58. The van der Waals surface area contributed by atoms with Gasteiger partial charge in [0.05, 0.1) is 5.60 Å². The maximum atomic E-state index is 9.49. The van der Waals surface area contributed by atoms with Crippen LogP contribution in [0.2, 0.25) is 0 Å². The van der Waals surface area contributed by atoms with Gasteiger partial charge in [-0.3, -0.25) is 0 Å². The van der Waals surface area contributed by atoms with Crippen LogP contribution in [0, 0.1) is 6.92 Å². The van der Waals surface area contributed by atoms with Gasteiger partial charge in [0.1, 0.15) is 0 Å². The summed E-state index contributed by atoms with van der Waals surface area (Å²) in [6, 6.07) is 0. The number of rotatable bonds is 4. The zero-order valence-corrected chi connectivity index (χ0v) is 9.64. The lowest BCUT2D eigenvalue weighted by molar-refractivity contribution is 0.0777. The summed E-state index contributed by atoms with van der Waals surface area (Å²) in [5, 5.41) is 10.3. The predicted octanol–water partition coefficient (Wildman–Crippen LogP) is 2.04. The standard InChI is InChI=1S/C10H16N2OS/c1-8-6-11-9(12-7-8)14-5-4-10(2,3)13/h6-7,13H,4-5H2,1-3H3. The van der Waals surface area contributed by atoms with E-state index in [2.05, 4.69) is 9.97 Å². The van der Waals surface area contributed by atoms with E-state index in [1.54, 1.807) is 24.2 Å². The van der Waals surface area contributed by atoms with Crippen LogP contribution in [0.1, 0.15) is 25.8 Å². The van der Waals surface area contributed by atoms with Crippen molar-refractivity contribution in [1.82, 2.24) is 9.97 Å². The van der Waals surface area contributed by atoms with Crippen molar-refractivity contribution in [2.24, 2.45) is 0 Å². The molecule has 0 radical (unpaired) electrons. The molecule has 1 N–H and O–H groups in total. The second-order valence-electron chi connectivity index (χ2n) is 3.95. The van der Waals surface area contributed by atoms with Gasteiger partial charge in [0.2, 0.25) is 0 Å². The van der Waals surface area contributed by atoms with Crippen molar-refractivity contribution in [2.75, 3.05) is 5.75 Å². The normalized spacial score (nSPS) is 11.7. The van der Waals surface area contributed by atoms with Gasteiger partial charge in [-0.15, -0.1) is 0 Å². The maximum absolute atomic E-state index is 9.49. The summed E-state index contributed by atoms with van der Waals surface area (Å²) in [6.45, 7) is 5.58. The molecule has 1 aromatic heterocycles. The van der Waals surface area contributed by atoms with Crippen LogP contribution in [0.5, 0.6) is 0 Å². The molecule has 0 bridgehead atoms. The molecule has 0 aliphatic rings. The van der Waals surface area contributed by atoms with Gasteiger partial charge >= 0.3 is 0 Å². The fourth-order valence-electron chi connectivity index (χ4n) is 0.847. The van der Waals surface area contributed by atoms with Gasteiger partial charge < -0.3 is 5.11 Å². The largest absolute Gasteiger partial charge is 0.390 e. The van der Waals surface area contributed by atoms with Crippen LogP contribution in [0.15, 0.2) is 17.6 Å². The Labute approximate surface area is 89.0 Å². The predicted molar refractivity (Wildman–Crippen MR) is 58.4 cm³/mol. The Morgan fingerprint density at radius 3 is 2.43 bits per heavy atom. The molecule has 0 amide bonds. The van der Waals surface area contributed by atoms with E-state index < -0.39 is 5.60 Å². The number of aliphatic hydroxyl groups is 1. The second kappa shape index (κ2) is 4.75. The quantitative estimate of drug-likeness (QED) is 0.613. The number of thioether (sulfide) groups is 1. The molecule has 0 atom stereocenters. The van der Waals surface area contributed by atoms with Gasteiger partial charge in [-0.05, 0) is 32.8 Å². The molecular formula is C10H16N2OS. The molecule has 1 heterocycles. The highest BCUT2D eigenvalue weighted by molar-refractivity contribution is 7.99. The van der Waals surface area contributed by atoms with E-state index in [9.17, 15) is 5.11 Å². The molecule has 0 spiro atoms. The Kier molecular flexibility index (Phi) is 3.89. The highest BCUT2D eigenvalue weighted by Crippen LogP contribution is 2.17. The van der Waals surface area contributed by atoms with Crippen molar-refractivity contribution in [3.8, 4) is 0 Å². The molecule has 0 fully saturated rings. The zero-order chi connectivity index (χ0) is 10.6. The summed E-state index contributed by atoms with van der Waals surface area (Å²) in [6.07, 6.45) is 4.35.